The number of aliphatic hydroxyl groups is 1. The van der Waals surface area contributed by atoms with Crippen molar-refractivity contribution in [1.29, 1.82) is 0 Å². The second-order valence-electron chi connectivity index (χ2n) is 6.59. The molecule has 6 nitrogen and oxygen atoms in total. The Morgan fingerprint density at radius 3 is 2.33 bits per heavy atom. The monoisotopic (exact) mass is 366 g/mol. The predicted octanol–water partition coefficient (Wildman–Crippen LogP) is -0.873. The van der Waals surface area contributed by atoms with Gasteiger partial charge in [0.05, 0.1) is 12.7 Å². The van der Waals surface area contributed by atoms with Gasteiger partial charge in [0, 0.05) is 5.41 Å². The molecule has 1 N–H and O–H groups in total. The summed E-state index contributed by atoms with van der Waals surface area (Å²) < 4.78 is 42.0. The van der Waals surface area contributed by atoms with E-state index in [1.807, 2.05) is 12.1 Å². The molecule has 0 amide bonds. The molecule has 1 aliphatic carbocycles. The third-order valence-electron chi connectivity index (χ3n) is 4.16. The summed E-state index contributed by atoms with van der Waals surface area (Å²) in [6, 6.07) is 7.19. The molecule has 1 aromatic carbocycles. The molecular weight excluding hydrogens is 343 g/mol. The Bertz CT molecular complexity index is 614. The zero-order chi connectivity index (χ0) is 17.1. The van der Waals surface area contributed by atoms with Crippen molar-refractivity contribution in [3.63, 3.8) is 0 Å². The number of benzene rings is 1. The van der Waals surface area contributed by atoms with Gasteiger partial charge in [-0.3, -0.25) is 4.18 Å². The second kappa shape index (κ2) is 8.98. The summed E-state index contributed by atoms with van der Waals surface area (Å²) in [6.07, 6.45) is 3.05. The summed E-state index contributed by atoms with van der Waals surface area (Å²) in [5.41, 5.74) is 0.207. The average molecular weight is 366 g/mol. The molecular formula is C16H23NaO6S. The maximum atomic E-state index is 10.6. The summed E-state index contributed by atoms with van der Waals surface area (Å²) in [4.78, 5) is 0. The minimum absolute atomic E-state index is 0. The minimum Gasteiger partial charge on any atom is -0.726 e. The molecule has 0 heterocycles. The Balaban J connectivity index is 0.00000288. The van der Waals surface area contributed by atoms with Crippen LogP contribution < -0.4 is 34.3 Å². The Morgan fingerprint density at radius 1 is 1.21 bits per heavy atom. The van der Waals surface area contributed by atoms with Gasteiger partial charge in [0.2, 0.25) is 10.4 Å². The molecule has 1 saturated carbocycles. The third-order valence-corrected chi connectivity index (χ3v) is 4.56. The van der Waals surface area contributed by atoms with Crippen molar-refractivity contribution in [2.24, 2.45) is 0 Å². The van der Waals surface area contributed by atoms with E-state index in [0.717, 1.165) is 31.2 Å². The van der Waals surface area contributed by atoms with Crippen LogP contribution in [0.2, 0.25) is 0 Å². The van der Waals surface area contributed by atoms with Crippen LogP contribution in [0.4, 0.5) is 0 Å². The number of aliphatic hydroxyl groups excluding tert-OH is 1. The fraction of sp³-hybridized carbons (Fsp3) is 0.625. The summed E-state index contributed by atoms with van der Waals surface area (Å²) in [5.74, 6) is 0.660. The van der Waals surface area contributed by atoms with E-state index in [1.54, 1.807) is 26.0 Å². The first-order valence-corrected chi connectivity index (χ1v) is 9.06. The van der Waals surface area contributed by atoms with Gasteiger partial charge in [-0.05, 0) is 37.0 Å². The predicted molar refractivity (Wildman–Crippen MR) is 84.0 cm³/mol. The van der Waals surface area contributed by atoms with Gasteiger partial charge in [-0.1, -0.05) is 32.4 Å². The molecule has 1 aliphatic rings. The standard InChI is InChI=1S/C16H24O6S.Na/c1-16(2,11-21-23(18,19)20)12-7-9-13(10-8-12)22-15-6-4-3-5-14(15)17;/h7-10,14-15,17H,3-6,11H2,1-2H3,(H,18,19,20);/q;+1/p-1. The average Bonchev–Trinajstić information content (AvgIpc) is 2.48. The molecule has 0 bridgehead atoms. The van der Waals surface area contributed by atoms with Crippen molar-refractivity contribution in [1.82, 2.24) is 0 Å². The zero-order valence-corrected chi connectivity index (χ0v) is 17.2. The molecule has 8 heteroatoms. The van der Waals surface area contributed by atoms with Crippen molar-refractivity contribution >= 4 is 10.4 Å². The molecule has 130 valence electrons. The Morgan fingerprint density at radius 2 is 1.79 bits per heavy atom. The van der Waals surface area contributed by atoms with Crippen LogP contribution in [0.15, 0.2) is 24.3 Å². The van der Waals surface area contributed by atoms with Gasteiger partial charge in [-0.2, -0.15) is 0 Å². The SMILES string of the molecule is CC(C)(COS(=O)(=O)[O-])c1ccc(OC2CCCCC2O)cc1.[Na+]. The summed E-state index contributed by atoms with van der Waals surface area (Å²) in [5, 5.41) is 9.93. The van der Waals surface area contributed by atoms with Gasteiger partial charge in [0.25, 0.3) is 0 Å². The van der Waals surface area contributed by atoms with E-state index >= 15 is 0 Å². The Hall–Kier alpha value is -0.150. The molecule has 1 aromatic rings. The van der Waals surface area contributed by atoms with Crippen LogP contribution in [0.5, 0.6) is 5.75 Å². The van der Waals surface area contributed by atoms with Crippen molar-refractivity contribution in [2.75, 3.05) is 6.61 Å². The molecule has 0 aliphatic heterocycles. The maximum absolute atomic E-state index is 10.6. The van der Waals surface area contributed by atoms with Gasteiger partial charge in [-0.25, -0.2) is 8.42 Å². The van der Waals surface area contributed by atoms with Crippen molar-refractivity contribution < 1.29 is 56.6 Å². The fourth-order valence-corrected chi connectivity index (χ4v) is 3.12. The quantitative estimate of drug-likeness (QED) is 0.399. The van der Waals surface area contributed by atoms with Crippen LogP contribution >= 0.6 is 0 Å². The summed E-state index contributed by atoms with van der Waals surface area (Å²) >= 11 is 0. The largest absolute Gasteiger partial charge is 1.00 e. The molecule has 1 fully saturated rings. The minimum atomic E-state index is -4.70. The Kier molecular flexibility index (Phi) is 8.19. The number of hydrogen-bond acceptors (Lipinski definition) is 6. The summed E-state index contributed by atoms with van der Waals surface area (Å²) in [6.45, 7) is 3.36. The summed E-state index contributed by atoms with van der Waals surface area (Å²) in [7, 11) is -4.70. The number of rotatable bonds is 6. The van der Waals surface area contributed by atoms with Crippen LogP contribution in [-0.4, -0.2) is 36.9 Å². The smallest absolute Gasteiger partial charge is 0.726 e. The van der Waals surface area contributed by atoms with Crippen molar-refractivity contribution in [3.05, 3.63) is 29.8 Å². The van der Waals surface area contributed by atoms with Crippen LogP contribution in [0.1, 0.15) is 45.1 Å². The first-order chi connectivity index (χ1) is 10.7. The van der Waals surface area contributed by atoms with E-state index < -0.39 is 21.9 Å². The normalized spacial score (nSPS) is 21.8. The second-order valence-corrected chi connectivity index (χ2v) is 7.64. The van der Waals surface area contributed by atoms with Gasteiger partial charge in [0.15, 0.2) is 0 Å². The van der Waals surface area contributed by atoms with Crippen LogP contribution in [0.25, 0.3) is 0 Å². The first kappa shape index (κ1) is 21.9. The van der Waals surface area contributed by atoms with Crippen LogP contribution in [0, 0.1) is 0 Å². The van der Waals surface area contributed by atoms with E-state index in [1.165, 1.54) is 0 Å². The number of ether oxygens (including phenoxy) is 1. The zero-order valence-electron chi connectivity index (χ0n) is 14.4. The molecule has 0 spiro atoms. The van der Waals surface area contributed by atoms with Crippen molar-refractivity contribution in [3.8, 4) is 5.75 Å². The van der Waals surface area contributed by atoms with E-state index in [0.29, 0.717) is 5.75 Å². The van der Waals surface area contributed by atoms with Gasteiger partial charge in [-0.15, -0.1) is 0 Å². The van der Waals surface area contributed by atoms with E-state index in [4.69, 9.17) is 4.74 Å². The Labute approximate surface area is 165 Å². The van der Waals surface area contributed by atoms with E-state index in [-0.39, 0.29) is 42.3 Å². The first-order valence-electron chi connectivity index (χ1n) is 7.73. The van der Waals surface area contributed by atoms with Gasteiger partial charge >= 0.3 is 29.6 Å². The van der Waals surface area contributed by atoms with E-state index in [2.05, 4.69) is 4.18 Å². The van der Waals surface area contributed by atoms with Gasteiger partial charge < -0.3 is 14.4 Å². The molecule has 0 aromatic heterocycles. The molecule has 2 atom stereocenters. The van der Waals surface area contributed by atoms with Crippen molar-refractivity contribution in [2.45, 2.75) is 57.2 Å². The van der Waals surface area contributed by atoms with E-state index in [9.17, 15) is 18.1 Å². The molecule has 2 unspecified atom stereocenters. The number of hydrogen-bond donors (Lipinski definition) is 1. The molecule has 0 radical (unpaired) electrons. The molecule has 0 saturated heterocycles. The van der Waals surface area contributed by atoms with Crippen LogP contribution in [0.3, 0.4) is 0 Å². The molecule has 2 rings (SSSR count). The third kappa shape index (κ3) is 6.63. The maximum Gasteiger partial charge on any atom is 1.00 e. The topological polar surface area (TPSA) is 95.9 Å². The van der Waals surface area contributed by atoms with Gasteiger partial charge in [0.1, 0.15) is 11.9 Å². The van der Waals surface area contributed by atoms with Crippen LogP contribution in [-0.2, 0) is 20.0 Å². The molecule has 24 heavy (non-hydrogen) atoms. The fourth-order valence-electron chi connectivity index (χ4n) is 2.68.